The molecular weight excluding hydrogens is 254 g/mol. The molecular formula is C16H21NO3. The molecule has 1 aromatic carbocycles. The lowest BCUT2D eigenvalue weighted by molar-refractivity contribution is -0.126. The van der Waals surface area contributed by atoms with E-state index < -0.39 is 5.60 Å². The van der Waals surface area contributed by atoms with Gasteiger partial charge in [-0.3, -0.25) is 4.79 Å². The van der Waals surface area contributed by atoms with Gasteiger partial charge in [-0.1, -0.05) is 30.3 Å². The minimum absolute atomic E-state index is 0.0450. The van der Waals surface area contributed by atoms with Crippen LogP contribution in [0.5, 0.6) is 0 Å². The van der Waals surface area contributed by atoms with Crippen LogP contribution in [0.1, 0.15) is 31.2 Å². The molecule has 2 N–H and O–H groups in total. The standard InChI is InChI=1S/C16H21NO3/c18-14(17-12-15(19)8-10-20-11-9-15)16(6-7-16)13-4-2-1-3-5-13/h1-5,19H,6-12H2,(H,17,18). The van der Waals surface area contributed by atoms with Crippen LogP contribution in [0.2, 0.25) is 0 Å². The molecule has 0 unspecified atom stereocenters. The van der Waals surface area contributed by atoms with Crippen LogP contribution >= 0.6 is 0 Å². The number of amides is 1. The molecule has 2 fully saturated rings. The maximum absolute atomic E-state index is 12.5. The van der Waals surface area contributed by atoms with Crippen LogP contribution in [-0.4, -0.2) is 36.4 Å². The highest BCUT2D eigenvalue weighted by Gasteiger charge is 2.51. The summed E-state index contributed by atoms with van der Waals surface area (Å²) in [5.74, 6) is 0.0450. The lowest BCUT2D eigenvalue weighted by Crippen LogP contribution is -2.48. The summed E-state index contributed by atoms with van der Waals surface area (Å²) in [6.45, 7) is 1.45. The van der Waals surface area contributed by atoms with Crippen molar-refractivity contribution in [2.24, 2.45) is 0 Å². The summed E-state index contributed by atoms with van der Waals surface area (Å²) in [6.07, 6.45) is 2.96. The Morgan fingerprint density at radius 1 is 1.15 bits per heavy atom. The minimum atomic E-state index is -0.805. The fourth-order valence-electron chi connectivity index (χ4n) is 2.87. The molecule has 1 saturated heterocycles. The topological polar surface area (TPSA) is 58.6 Å². The van der Waals surface area contributed by atoms with Crippen molar-refractivity contribution in [3.8, 4) is 0 Å². The van der Waals surface area contributed by atoms with Crippen LogP contribution in [0.3, 0.4) is 0 Å². The highest BCUT2D eigenvalue weighted by molar-refractivity contribution is 5.91. The van der Waals surface area contributed by atoms with Crippen LogP contribution in [-0.2, 0) is 14.9 Å². The van der Waals surface area contributed by atoms with Gasteiger partial charge in [-0.25, -0.2) is 0 Å². The molecule has 4 heteroatoms. The van der Waals surface area contributed by atoms with Gasteiger partial charge in [0.2, 0.25) is 5.91 Å². The van der Waals surface area contributed by atoms with Crippen LogP contribution in [0.4, 0.5) is 0 Å². The van der Waals surface area contributed by atoms with Crippen LogP contribution in [0.25, 0.3) is 0 Å². The van der Waals surface area contributed by atoms with Crippen molar-refractivity contribution in [3.05, 3.63) is 35.9 Å². The maximum Gasteiger partial charge on any atom is 0.230 e. The SMILES string of the molecule is O=C(NCC1(O)CCOCC1)C1(c2ccccc2)CC1. The smallest absolute Gasteiger partial charge is 0.230 e. The number of nitrogens with one attached hydrogen (secondary N) is 1. The van der Waals surface area contributed by atoms with Crippen molar-refractivity contribution in [3.63, 3.8) is 0 Å². The van der Waals surface area contributed by atoms with Crippen molar-refractivity contribution in [1.29, 1.82) is 0 Å². The predicted molar refractivity (Wildman–Crippen MR) is 75.4 cm³/mol. The molecule has 1 amide bonds. The van der Waals surface area contributed by atoms with Crippen LogP contribution in [0.15, 0.2) is 30.3 Å². The van der Waals surface area contributed by atoms with E-state index in [0.29, 0.717) is 32.6 Å². The van der Waals surface area contributed by atoms with Gasteiger partial charge in [-0.15, -0.1) is 0 Å². The summed E-state index contributed by atoms with van der Waals surface area (Å²) in [4.78, 5) is 12.5. The van der Waals surface area contributed by atoms with Gasteiger partial charge in [0.25, 0.3) is 0 Å². The lowest BCUT2D eigenvalue weighted by Gasteiger charge is -2.32. The highest BCUT2D eigenvalue weighted by Crippen LogP contribution is 2.48. The average Bonchev–Trinajstić information content (AvgIpc) is 3.28. The van der Waals surface area contributed by atoms with Crippen molar-refractivity contribution in [2.45, 2.75) is 36.7 Å². The fourth-order valence-corrected chi connectivity index (χ4v) is 2.87. The highest BCUT2D eigenvalue weighted by atomic mass is 16.5. The molecule has 0 bridgehead atoms. The van der Waals surface area contributed by atoms with Gasteiger partial charge in [0.05, 0.1) is 11.0 Å². The largest absolute Gasteiger partial charge is 0.388 e. The molecule has 0 radical (unpaired) electrons. The van der Waals surface area contributed by atoms with E-state index in [2.05, 4.69) is 5.32 Å². The third-order valence-electron chi connectivity index (χ3n) is 4.51. The molecule has 1 aliphatic heterocycles. The van der Waals surface area contributed by atoms with Crippen LogP contribution in [0, 0.1) is 0 Å². The molecule has 2 aliphatic rings. The van der Waals surface area contributed by atoms with E-state index in [9.17, 15) is 9.90 Å². The number of rotatable bonds is 4. The molecule has 0 spiro atoms. The van der Waals surface area contributed by atoms with E-state index in [-0.39, 0.29) is 11.3 Å². The molecule has 1 aromatic rings. The Hall–Kier alpha value is -1.39. The normalized spacial score (nSPS) is 23.1. The number of hydrogen-bond acceptors (Lipinski definition) is 3. The molecule has 1 heterocycles. The van der Waals surface area contributed by atoms with Gasteiger partial charge in [-0.05, 0) is 18.4 Å². The van der Waals surface area contributed by atoms with E-state index >= 15 is 0 Å². The minimum Gasteiger partial charge on any atom is -0.388 e. The Balaban J connectivity index is 1.62. The van der Waals surface area contributed by atoms with Crippen molar-refractivity contribution < 1.29 is 14.6 Å². The Morgan fingerprint density at radius 3 is 2.40 bits per heavy atom. The lowest BCUT2D eigenvalue weighted by atomic mass is 9.92. The zero-order chi connectivity index (χ0) is 14.1. The summed E-state index contributed by atoms with van der Waals surface area (Å²) < 4.78 is 5.25. The van der Waals surface area contributed by atoms with Crippen molar-refractivity contribution in [1.82, 2.24) is 5.32 Å². The van der Waals surface area contributed by atoms with E-state index in [1.165, 1.54) is 0 Å². The number of ether oxygens (including phenoxy) is 1. The first-order valence-corrected chi connectivity index (χ1v) is 7.29. The molecule has 1 saturated carbocycles. The summed E-state index contributed by atoms with van der Waals surface area (Å²) in [5, 5.41) is 13.3. The van der Waals surface area contributed by atoms with Crippen molar-refractivity contribution in [2.75, 3.05) is 19.8 Å². The summed E-state index contributed by atoms with van der Waals surface area (Å²) in [5.41, 5.74) is -0.0832. The van der Waals surface area contributed by atoms with E-state index in [4.69, 9.17) is 4.74 Å². The molecule has 108 valence electrons. The number of aliphatic hydroxyl groups is 1. The second-order valence-corrected chi connectivity index (χ2v) is 5.97. The number of carbonyl (C=O) groups is 1. The first-order valence-electron chi connectivity index (χ1n) is 7.29. The monoisotopic (exact) mass is 275 g/mol. The van der Waals surface area contributed by atoms with Crippen LogP contribution < -0.4 is 5.32 Å². The number of carbonyl (C=O) groups excluding carboxylic acids is 1. The Kier molecular flexibility index (Phi) is 3.52. The summed E-state index contributed by atoms with van der Waals surface area (Å²) >= 11 is 0. The Bertz CT molecular complexity index is 476. The van der Waals surface area contributed by atoms with E-state index in [1.807, 2.05) is 30.3 Å². The van der Waals surface area contributed by atoms with Crippen molar-refractivity contribution >= 4 is 5.91 Å². The quantitative estimate of drug-likeness (QED) is 0.872. The van der Waals surface area contributed by atoms with Gasteiger partial charge in [-0.2, -0.15) is 0 Å². The van der Waals surface area contributed by atoms with Gasteiger partial charge in [0.15, 0.2) is 0 Å². The van der Waals surface area contributed by atoms with E-state index in [0.717, 1.165) is 18.4 Å². The second-order valence-electron chi connectivity index (χ2n) is 5.97. The first kappa shape index (κ1) is 13.6. The number of benzene rings is 1. The molecule has 0 aromatic heterocycles. The first-order chi connectivity index (χ1) is 9.65. The molecule has 4 nitrogen and oxygen atoms in total. The second kappa shape index (κ2) is 5.19. The molecule has 0 atom stereocenters. The van der Waals surface area contributed by atoms with E-state index in [1.54, 1.807) is 0 Å². The third kappa shape index (κ3) is 2.58. The average molecular weight is 275 g/mol. The fraction of sp³-hybridized carbons (Fsp3) is 0.562. The summed E-state index contributed by atoms with van der Waals surface area (Å²) in [6, 6.07) is 9.91. The zero-order valence-electron chi connectivity index (χ0n) is 11.6. The van der Waals surface area contributed by atoms with Gasteiger partial charge >= 0.3 is 0 Å². The third-order valence-corrected chi connectivity index (χ3v) is 4.51. The molecule has 20 heavy (non-hydrogen) atoms. The summed E-state index contributed by atoms with van der Waals surface area (Å²) in [7, 11) is 0. The molecule has 3 rings (SSSR count). The zero-order valence-corrected chi connectivity index (χ0v) is 11.6. The number of hydrogen-bond donors (Lipinski definition) is 2. The predicted octanol–water partition coefficient (Wildman–Crippen LogP) is 1.38. The van der Waals surface area contributed by atoms with Gasteiger partial charge in [0, 0.05) is 32.6 Å². The Morgan fingerprint density at radius 2 is 1.80 bits per heavy atom. The maximum atomic E-state index is 12.5. The molecule has 1 aliphatic carbocycles. The van der Waals surface area contributed by atoms with Gasteiger partial charge < -0.3 is 15.2 Å². The van der Waals surface area contributed by atoms with Gasteiger partial charge in [0.1, 0.15) is 0 Å². The Labute approximate surface area is 119 Å².